The van der Waals surface area contributed by atoms with Crippen molar-refractivity contribution >= 4 is 32.5 Å². The lowest BCUT2D eigenvalue weighted by Crippen LogP contribution is -2.20. The largest absolute Gasteiger partial charge is 0.386 e. The third kappa shape index (κ3) is 1.97. The van der Waals surface area contributed by atoms with E-state index in [1.807, 2.05) is 0 Å². The van der Waals surface area contributed by atoms with E-state index < -0.39 is 21.8 Å². The van der Waals surface area contributed by atoms with Crippen LogP contribution in [0.15, 0.2) is 70.5 Å². The summed E-state index contributed by atoms with van der Waals surface area (Å²) in [5, 5.41) is 0.648. The summed E-state index contributed by atoms with van der Waals surface area (Å²) in [5.41, 5.74) is 0.374. The summed E-state index contributed by atoms with van der Waals surface area (Å²) in [4.78, 5) is 24.0. The Balaban J connectivity index is 2.09. The number of esters is 2. The molecule has 6 heteroatoms. The minimum absolute atomic E-state index is 0.0526. The van der Waals surface area contributed by atoms with Crippen molar-refractivity contribution in [3.05, 3.63) is 71.8 Å². The van der Waals surface area contributed by atoms with Gasteiger partial charge in [-0.15, -0.1) is 0 Å². The maximum atomic E-state index is 12.9. The van der Waals surface area contributed by atoms with Gasteiger partial charge >= 0.3 is 11.9 Å². The van der Waals surface area contributed by atoms with Crippen LogP contribution in [0, 0.1) is 0 Å². The van der Waals surface area contributed by atoms with Crippen LogP contribution in [0.5, 0.6) is 0 Å². The van der Waals surface area contributed by atoms with E-state index in [-0.39, 0.29) is 20.9 Å². The number of sulfone groups is 1. The summed E-state index contributed by atoms with van der Waals surface area (Å²) in [6.07, 6.45) is 0. The monoisotopic (exact) mass is 338 g/mol. The predicted octanol–water partition coefficient (Wildman–Crippen LogP) is 2.98. The Labute approximate surface area is 137 Å². The molecule has 3 aromatic carbocycles. The van der Waals surface area contributed by atoms with Crippen LogP contribution >= 0.6 is 0 Å². The number of cyclic esters (lactones) is 2. The predicted molar refractivity (Wildman–Crippen MR) is 85.6 cm³/mol. The first-order valence-electron chi connectivity index (χ1n) is 7.12. The molecular formula is C18H10O5S. The zero-order valence-corrected chi connectivity index (χ0v) is 13.0. The van der Waals surface area contributed by atoms with Crippen LogP contribution in [0.4, 0.5) is 0 Å². The van der Waals surface area contributed by atoms with Crippen LogP contribution in [0.25, 0.3) is 10.8 Å². The van der Waals surface area contributed by atoms with Gasteiger partial charge in [-0.3, -0.25) is 0 Å². The van der Waals surface area contributed by atoms with Crippen molar-refractivity contribution in [1.82, 2.24) is 0 Å². The van der Waals surface area contributed by atoms with Crippen molar-refractivity contribution in [2.45, 2.75) is 9.79 Å². The Morgan fingerprint density at radius 1 is 0.708 bits per heavy atom. The van der Waals surface area contributed by atoms with E-state index in [1.165, 1.54) is 30.3 Å². The van der Waals surface area contributed by atoms with Crippen LogP contribution < -0.4 is 0 Å². The molecule has 4 rings (SSSR count). The minimum atomic E-state index is -3.78. The Morgan fingerprint density at radius 3 is 2.08 bits per heavy atom. The van der Waals surface area contributed by atoms with E-state index in [0.717, 1.165) is 0 Å². The summed E-state index contributed by atoms with van der Waals surface area (Å²) < 4.78 is 30.6. The highest BCUT2D eigenvalue weighted by Gasteiger charge is 2.30. The summed E-state index contributed by atoms with van der Waals surface area (Å²) in [6.45, 7) is 0. The molecule has 1 aliphatic rings. The molecule has 0 aliphatic carbocycles. The minimum Gasteiger partial charge on any atom is -0.386 e. The third-order valence-electron chi connectivity index (χ3n) is 3.97. The smallest absolute Gasteiger partial charge is 0.346 e. The van der Waals surface area contributed by atoms with Gasteiger partial charge < -0.3 is 4.74 Å². The molecular weight excluding hydrogens is 328 g/mol. The van der Waals surface area contributed by atoms with Gasteiger partial charge in [-0.1, -0.05) is 30.3 Å². The van der Waals surface area contributed by atoms with Crippen LogP contribution in [-0.4, -0.2) is 20.4 Å². The maximum Gasteiger partial charge on any atom is 0.346 e. The van der Waals surface area contributed by atoms with Gasteiger partial charge in [-0.2, -0.15) is 0 Å². The van der Waals surface area contributed by atoms with Crippen molar-refractivity contribution in [1.29, 1.82) is 0 Å². The molecule has 3 aromatic rings. The fraction of sp³-hybridized carbons (Fsp3) is 0. The Morgan fingerprint density at radius 2 is 1.38 bits per heavy atom. The molecule has 1 aliphatic heterocycles. The zero-order valence-electron chi connectivity index (χ0n) is 12.2. The highest BCUT2D eigenvalue weighted by atomic mass is 32.2. The van der Waals surface area contributed by atoms with E-state index in [2.05, 4.69) is 4.74 Å². The molecule has 5 nitrogen and oxygen atoms in total. The van der Waals surface area contributed by atoms with Gasteiger partial charge in [0.05, 0.1) is 20.9 Å². The van der Waals surface area contributed by atoms with Crippen molar-refractivity contribution in [3.8, 4) is 0 Å². The fourth-order valence-corrected chi connectivity index (χ4v) is 4.35. The average Bonchev–Trinajstić information content (AvgIpc) is 2.59. The maximum absolute atomic E-state index is 12.9. The van der Waals surface area contributed by atoms with Crippen LogP contribution in [0.2, 0.25) is 0 Å². The molecule has 0 bridgehead atoms. The number of rotatable bonds is 2. The molecule has 0 aromatic heterocycles. The fourth-order valence-electron chi connectivity index (χ4n) is 2.88. The van der Waals surface area contributed by atoms with Gasteiger partial charge in [-0.05, 0) is 30.3 Å². The third-order valence-corrected chi connectivity index (χ3v) is 5.80. The topological polar surface area (TPSA) is 77.5 Å². The summed E-state index contributed by atoms with van der Waals surface area (Å²) in [5.74, 6) is -1.54. The van der Waals surface area contributed by atoms with Gasteiger partial charge in [0.2, 0.25) is 9.84 Å². The summed E-state index contributed by atoms with van der Waals surface area (Å²) in [6, 6.07) is 15.4. The molecule has 0 saturated heterocycles. The number of carbonyl (C=O) groups excluding carboxylic acids is 2. The lowest BCUT2D eigenvalue weighted by Gasteiger charge is -2.17. The van der Waals surface area contributed by atoms with Gasteiger partial charge in [0.1, 0.15) is 0 Å². The van der Waals surface area contributed by atoms with Gasteiger partial charge in [0.25, 0.3) is 0 Å². The Kier molecular flexibility index (Phi) is 3.04. The molecule has 0 unspecified atom stereocenters. The number of hydrogen-bond donors (Lipinski definition) is 0. The van der Waals surface area contributed by atoms with Gasteiger partial charge in [-0.25, -0.2) is 18.0 Å². The van der Waals surface area contributed by atoms with Crippen molar-refractivity contribution < 1.29 is 22.7 Å². The SMILES string of the molecule is O=C1OC(=O)c2ccc(S(=O)(=O)c3ccccc3)c3cccc1c23. The van der Waals surface area contributed by atoms with Crippen LogP contribution in [0.3, 0.4) is 0 Å². The first-order chi connectivity index (χ1) is 11.5. The Hall–Kier alpha value is -2.99. The van der Waals surface area contributed by atoms with Crippen molar-refractivity contribution in [3.63, 3.8) is 0 Å². The van der Waals surface area contributed by atoms with Gasteiger partial charge in [0, 0.05) is 10.8 Å². The van der Waals surface area contributed by atoms with E-state index in [4.69, 9.17) is 0 Å². The highest BCUT2D eigenvalue weighted by molar-refractivity contribution is 7.91. The lowest BCUT2D eigenvalue weighted by atomic mass is 9.97. The second-order valence-electron chi connectivity index (χ2n) is 5.33. The summed E-state index contributed by atoms with van der Waals surface area (Å²) in [7, 11) is -3.78. The normalized spacial score (nSPS) is 13.8. The Bertz CT molecular complexity index is 1090. The van der Waals surface area contributed by atoms with Crippen molar-refractivity contribution in [2.75, 3.05) is 0 Å². The second-order valence-corrected chi connectivity index (χ2v) is 7.25. The lowest BCUT2D eigenvalue weighted by molar-refractivity contribution is 0.0391. The molecule has 0 atom stereocenters. The highest BCUT2D eigenvalue weighted by Crippen LogP contribution is 2.35. The molecule has 118 valence electrons. The standard InChI is InChI=1S/C18H10O5S/c19-17-13-8-4-7-12-15(10-9-14(16(12)13)18(20)23-17)24(21,22)11-5-2-1-3-6-11/h1-10H. The number of benzene rings is 3. The van der Waals surface area contributed by atoms with Gasteiger partial charge in [0.15, 0.2) is 0 Å². The average molecular weight is 338 g/mol. The molecule has 0 N–H and O–H groups in total. The van der Waals surface area contributed by atoms with Crippen molar-refractivity contribution in [2.24, 2.45) is 0 Å². The zero-order chi connectivity index (χ0) is 16.9. The van der Waals surface area contributed by atoms with Crippen LogP contribution in [0.1, 0.15) is 20.7 Å². The van der Waals surface area contributed by atoms with E-state index in [0.29, 0.717) is 10.8 Å². The molecule has 24 heavy (non-hydrogen) atoms. The summed E-state index contributed by atoms with van der Waals surface area (Å²) >= 11 is 0. The quantitative estimate of drug-likeness (QED) is 0.530. The number of ether oxygens (including phenoxy) is 1. The molecule has 1 heterocycles. The first kappa shape index (κ1) is 14.6. The second kappa shape index (κ2) is 5.01. The van der Waals surface area contributed by atoms with Crippen LogP contribution in [-0.2, 0) is 14.6 Å². The van der Waals surface area contributed by atoms with E-state index >= 15 is 0 Å². The first-order valence-corrected chi connectivity index (χ1v) is 8.61. The molecule has 0 spiro atoms. The molecule has 0 amide bonds. The van der Waals surface area contributed by atoms with E-state index in [9.17, 15) is 18.0 Å². The molecule has 0 saturated carbocycles. The number of hydrogen-bond acceptors (Lipinski definition) is 5. The van der Waals surface area contributed by atoms with E-state index in [1.54, 1.807) is 30.3 Å². The number of carbonyl (C=O) groups is 2. The molecule has 0 radical (unpaired) electrons. The molecule has 0 fully saturated rings.